The fourth-order valence-electron chi connectivity index (χ4n) is 1.41. The van der Waals surface area contributed by atoms with Gasteiger partial charge in [-0.25, -0.2) is 0 Å². The quantitative estimate of drug-likeness (QED) is 0.547. The minimum Gasteiger partial charge on any atom is -0.375 e. The Hall–Kier alpha value is -0.0400. The van der Waals surface area contributed by atoms with Gasteiger partial charge in [0.2, 0.25) is 0 Å². The van der Waals surface area contributed by atoms with Crippen molar-refractivity contribution in [2.75, 3.05) is 6.61 Å². The van der Waals surface area contributed by atoms with Crippen LogP contribution in [0.3, 0.4) is 0 Å². The highest BCUT2D eigenvalue weighted by molar-refractivity contribution is 4.81. The average molecular weight is 142 g/mol. The fourth-order valence-corrected chi connectivity index (χ4v) is 1.41. The lowest BCUT2D eigenvalue weighted by atomic mass is 9.85. The van der Waals surface area contributed by atoms with E-state index >= 15 is 0 Å². The van der Waals surface area contributed by atoms with E-state index in [-0.39, 0.29) is 5.60 Å². The van der Waals surface area contributed by atoms with Crippen molar-refractivity contribution in [3.05, 3.63) is 0 Å². The smallest absolute Gasteiger partial charge is 0.0677 e. The first-order chi connectivity index (χ1) is 4.65. The lowest BCUT2D eigenvalue weighted by Gasteiger charge is -2.37. The van der Waals surface area contributed by atoms with Crippen molar-refractivity contribution < 1.29 is 4.74 Å². The molecular weight excluding hydrogens is 124 g/mol. The molecule has 0 radical (unpaired) electrons. The second-order valence-corrected chi connectivity index (χ2v) is 3.77. The predicted molar refractivity (Wildman–Crippen MR) is 43.0 cm³/mol. The molecule has 1 nitrogen and oxygen atoms in total. The molecule has 10 heavy (non-hydrogen) atoms. The zero-order valence-electron chi connectivity index (χ0n) is 7.31. The molecule has 0 aliphatic carbocycles. The van der Waals surface area contributed by atoms with Gasteiger partial charge in [-0.3, -0.25) is 0 Å². The first kappa shape index (κ1) is 8.06. The van der Waals surface area contributed by atoms with E-state index in [1.165, 1.54) is 19.3 Å². The van der Waals surface area contributed by atoms with Crippen molar-refractivity contribution in [1.29, 1.82) is 0 Å². The summed E-state index contributed by atoms with van der Waals surface area (Å²) in [6.07, 6.45) is 3.83. The van der Waals surface area contributed by atoms with Crippen molar-refractivity contribution in [3.8, 4) is 0 Å². The first-order valence-corrected chi connectivity index (χ1v) is 4.29. The summed E-state index contributed by atoms with van der Waals surface area (Å²) in [5.74, 6) is 0.660. The van der Waals surface area contributed by atoms with Crippen molar-refractivity contribution in [3.63, 3.8) is 0 Å². The van der Waals surface area contributed by atoms with Crippen LogP contribution in [0, 0.1) is 5.92 Å². The number of hydrogen-bond donors (Lipinski definition) is 0. The highest BCUT2D eigenvalue weighted by Gasteiger charge is 2.30. The van der Waals surface area contributed by atoms with Gasteiger partial charge in [-0.1, -0.05) is 13.8 Å². The molecule has 0 saturated carbocycles. The summed E-state index contributed by atoms with van der Waals surface area (Å²) in [5, 5.41) is 0. The third-order valence-electron chi connectivity index (χ3n) is 2.72. The van der Waals surface area contributed by atoms with E-state index in [4.69, 9.17) is 4.74 Å². The highest BCUT2D eigenvalue weighted by Crippen LogP contribution is 2.30. The molecular formula is C9H18O. The van der Waals surface area contributed by atoms with Crippen LogP contribution < -0.4 is 0 Å². The monoisotopic (exact) mass is 142 g/mol. The van der Waals surface area contributed by atoms with Crippen molar-refractivity contribution in [2.24, 2.45) is 5.92 Å². The Morgan fingerprint density at radius 1 is 1.30 bits per heavy atom. The van der Waals surface area contributed by atoms with Gasteiger partial charge in [-0.2, -0.15) is 0 Å². The van der Waals surface area contributed by atoms with Gasteiger partial charge >= 0.3 is 0 Å². The Labute approximate surface area is 63.8 Å². The summed E-state index contributed by atoms with van der Waals surface area (Å²) in [6.45, 7) is 7.68. The SMILES string of the molecule is CC(C)[C@@]1(C)CCCCO1. The van der Waals surface area contributed by atoms with Crippen LogP contribution in [0.1, 0.15) is 40.0 Å². The number of rotatable bonds is 1. The molecule has 0 spiro atoms. The third-order valence-corrected chi connectivity index (χ3v) is 2.72. The molecule has 0 N–H and O–H groups in total. The van der Waals surface area contributed by atoms with Gasteiger partial charge in [0.25, 0.3) is 0 Å². The molecule has 1 atom stereocenters. The van der Waals surface area contributed by atoms with Crippen molar-refractivity contribution in [1.82, 2.24) is 0 Å². The molecule has 1 saturated heterocycles. The third kappa shape index (κ3) is 1.51. The van der Waals surface area contributed by atoms with Crippen LogP contribution in [0.4, 0.5) is 0 Å². The molecule has 1 aliphatic heterocycles. The topological polar surface area (TPSA) is 9.23 Å². The average Bonchev–Trinajstić information content (AvgIpc) is 1.89. The summed E-state index contributed by atoms with van der Waals surface area (Å²) in [5.41, 5.74) is 0.179. The van der Waals surface area contributed by atoms with Gasteiger partial charge in [0.15, 0.2) is 0 Å². The fraction of sp³-hybridized carbons (Fsp3) is 1.00. The van der Waals surface area contributed by atoms with Gasteiger partial charge < -0.3 is 4.74 Å². The van der Waals surface area contributed by atoms with Crippen molar-refractivity contribution in [2.45, 2.75) is 45.6 Å². The summed E-state index contributed by atoms with van der Waals surface area (Å²) in [4.78, 5) is 0. The van der Waals surface area contributed by atoms with Crippen LogP contribution in [-0.4, -0.2) is 12.2 Å². The molecule has 0 bridgehead atoms. The van der Waals surface area contributed by atoms with E-state index in [2.05, 4.69) is 20.8 Å². The second-order valence-electron chi connectivity index (χ2n) is 3.77. The highest BCUT2D eigenvalue weighted by atomic mass is 16.5. The van der Waals surface area contributed by atoms with Gasteiger partial charge in [0.05, 0.1) is 5.60 Å². The van der Waals surface area contributed by atoms with Crippen LogP contribution in [0.2, 0.25) is 0 Å². The van der Waals surface area contributed by atoms with E-state index in [0.29, 0.717) is 5.92 Å². The zero-order chi connectivity index (χ0) is 7.61. The maximum absolute atomic E-state index is 5.73. The van der Waals surface area contributed by atoms with E-state index in [1.54, 1.807) is 0 Å². The molecule has 1 heteroatoms. The standard InChI is InChI=1S/C9H18O/c1-8(2)9(3)6-4-5-7-10-9/h8H,4-7H2,1-3H3/t9-/m1/s1. The molecule has 0 aromatic heterocycles. The van der Waals surface area contributed by atoms with Crippen molar-refractivity contribution >= 4 is 0 Å². The molecule has 60 valence electrons. The first-order valence-electron chi connectivity index (χ1n) is 4.29. The normalized spacial score (nSPS) is 34.8. The molecule has 1 rings (SSSR count). The Bertz CT molecular complexity index is 101. The summed E-state index contributed by atoms with van der Waals surface area (Å²) in [7, 11) is 0. The van der Waals surface area contributed by atoms with Crippen LogP contribution in [0.25, 0.3) is 0 Å². The molecule has 1 heterocycles. The molecule has 0 amide bonds. The second kappa shape index (κ2) is 2.91. The molecule has 0 aromatic rings. The van der Waals surface area contributed by atoms with E-state index in [1.807, 2.05) is 0 Å². The zero-order valence-corrected chi connectivity index (χ0v) is 7.31. The van der Waals surface area contributed by atoms with Gasteiger partial charge in [0, 0.05) is 6.61 Å². The summed E-state index contributed by atoms with van der Waals surface area (Å²) < 4.78 is 5.73. The maximum Gasteiger partial charge on any atom is 0.0677 e. The minimum absolute atomic E-state index is 0.179. The molecule has 0 aromatic carbocycles. The number of ether oxygens (including phenoxy) is 1. The van der Waals surface area contributed by atoms with Crippen LogP contribution in [0.15, 0.2) is 0 Å². The largest absolute Gasteiger partial charge is 0.375 e. The lowest BCUT2D eigenvalue weighted by Crippen LogP contribution is -2.37. The van der Waals surface area contributed by atoms with Crippen LogP contribution in [0.5, 0.6) is 0 Å². The van der Waals surface area contributed by atoms with E-state index in [0.717, 1.165) is 6.61 Å². The lowest BCUT2D eigenvalue weighted by molar-refractivity contribution is -0.0945. The Balaban J connectivity index is 2.48. The van der Waals surface area contributed by atoms with Crippen LogP contribution >= 0.6 is 0 Å². The van der Waals surface area contributed by atoms with E-state index in [9.17, 15) is 0 Å². The maximum atomic E-state index is 5.73. The minimum atomic E-state index is 0.179. The Morgan fingerprint density at radius 3 is 2.30 bits per heavy atom. The summed E-state index contributed by atoms with van der Waals surface area (Å²) >= 11 is 0. The Kier molecular flexibility index (Phi) is 2.35. The summed E-state index contributed by atoms with van der Waals surface area (Å²) in [6, 6.07) is 0. The molecule has 1 aliphatic rings. The Morgan fingerprint density at radius 2 is 2.00 bits per heavy atom. The predicted octanol–water partition coefficient (Wildman–Crippen LogP) is 2.60. The van der Waals surface area contributed by atoms with Gasteiger partial charge in [0.1, 0.15) is 0 Å². The van der Waals surface area contributed by atoms with Gasteiger partial charge in [-0.05, 0) is 32.1 Å². The van der Waals surface area contributed by atoms with Crippen LogP contribution in [-0.2, 0) is 4.74 Å². The van der Waals surface area contributed by atoms with E-state index < -0.39 is 0 Å². The molecule has 1 fully saturated rings. The van der Waals surface area contributed by atoms with Gasteiger partial charge in [-0.15, -0.1) is 0 Å². The number of hydrogen-bond acceptors (Lipinski definition) is 1. The molecule has 0 unspecified atom stereocenters.